The first-order valence-electron chi connectivity index (χ1n) is 11.2. The van der Waals surface area contributed by atoms with E-state index in [1.54, 1.807) is 13.8 Å². The first kappa shape index (κ1) is 24.0. The van der Waals surface area contributed by atoms with Crippen LogP contribution in [0, 0.1) is 0 Å². The molecule has 0 radical (unpaired) electrons. The molecule has 3 aliphatic heterocycles. The second kappa shape index (κ2) is 10.8. The number of benzene rings is 1. The SMILES string of the molecule is CC(C)(F)CN1CCN(C2=C3C=CN(Cc4ccc(C=O)cc4)C3NC=C2)CC1.CNC. The molecule has 1 fully saturated rings. The van der Waals surface area contributed by atoms with Crippen LogP contribution in [-0.2, 0) is 6.54 Å². The van der Waals surface area contributed by atoms with Gasteiger partial charge in [0.1, 0.15) is 18.1 Å². The number of carbonyl (C=O) groups is 1. The molecule has 0 aliphatic carbocycles. The van der Waals surface area contributed by atoms with Crippen LogP contribution in [0.25, 0.3) is 0 Å². The van der Waals surface area contributed by atoms with Crippen molar-refractivity contribution in [2.24, 2.45) is 0 Å². The van der Waals surface area contributed by atoms with E-state index in [1.165, 1.54) is 16.8 Å². The molecule has 1 aromatic rings. The van der Waals surface area contributed by atoms with Crippen molar-refractivity contribution in [2.75, 3.05) is 46.8 Å². The molecule has 1 atom stereocenters. The zero-order chi connectivity index (χ0) is 23.1. The number of rotatable bonds is 6. The second-order valence-electron chi connectivity index (χ2n) is 9.07. The molecule has 4 rings (SSSR count). The Hall–Kier alpha value is -2.64. The van der Waals surface area contributed by atoms with Crippen molar-refractivity contribution in [1.29, 1.82) is 0 Å². The predicted molar refractivity (Wildman–Crippen MR) is 128 cm³/mol. The van der Waals surface area contributed by atoms with Gasteiger partial charge in [-0.2, -0.15) is 0 Å². The van der Waals surface area contributed by atoms with Gasteiger partial charge in [0.2, 0.25) is 0 Å². The van der Waals surface area contributed by atoms with Gasteiger partial charge in [-0.15, -0.1) is 0 Å². The van der Waals surface area contributed by atoms with E-state index < -0.39 is 5.67 Å². The zero-order valence-corrected chi connectivity index (χ0v) is 19.6. The Morgan fingerprint density at radius 3 is 2.38 bits per heavy atom. The fraction of sp³-hybridized carbons (Fsp3) is 0.480. The number of aldehydes is 1. The Morgan fingerprint density at radius 2 is 1.78 bits per heavy atom. The maximum Gasteiger partial charge on any atom is 0.150 e. The number of allylic oxidation sites excluding steroid dienone is 1. The summed E-state index contributed by atoms with van der Waals surface area (Å²) in [4.78, 5) is 17.8. The maximum atomic E-state index is 13.9. The van der Waals surface area contributed by atoms with Gasteiger partial charge in [0.05, 0.1) is 0 Å². The third kappa shape index (κ3) is 6.20. The third-order valence-electron chi connectivity index (χ3n) is 5.66. The molecule has 1 aromatic carbocycles. The molecule has 2 N–H and O–H groups in total. The average Bonchev–Trinajstić information content (AvgIpc) is 3.17. The van der Waals surface area contributed by atoms with Crippen LogP contribution in [0.15, 0.2) is 60.1 Å². The Morgan fingerprint density at radius 1 is 1.12 bits per heavy atom. The summed E-state index contributed by atoms with van der Waals surface area (Å²) >= 11 is 0. The largest absolute Gasteiger partial charge is 0.369 e. The molecule has 0 bridgehead atoms. The summed E-state index contributed by atoms with van der Waals surface area (Å²) in [5.74, 6) is 0. The van der Waals surface area contributed by atoms with E-state index in [2.05, 4.69) is 43.7 Å². The molecule has 6 nitrogen and oxygen atoms in total. The normalized spacial score (nSPS) is 20.6. The summed E-state index contributed by atoms with van der Waals surface area (Å²) < 4.78 is 13.9. The van der Waals surface area contributed by atoms with Gasteiger partial charge in [0.25, 0.3) is 0 Å². The number of alkyl halides is 1. The molecule has 0 spiro atoms. The Kier molecular flexibility index (Phi) is 8.10. The Labute approximate surface area is 191 Å². The van der Waals surface area contributed by atoms with Gasteiger partial charge in [-0.3, -0.25) is 9.69 Å². The van der Waals surface area contributed by atoms with Gasteiger partial charge in [-0.05, 0) is 45.7 Å². The van der Waals surface area contributed by atoms with Crippen LogP contribution in [0.2, 0.25) is 0 Å². The minimum Gasteiger partial charge on any atom is -0.369 e. The van der Waals surface area contributed by atoms with Gasteiger partial charge in [0, 0.05) is 68.5 Å². The molecular formula is C25H36FN5O. The van der Waals surface area contributed by atoms with Crippen LogP contribution >= 0.6 is 0 Å². The van der Waals surface area contributed by atoms with Gasteiger partial charge < -0.3 is 20.4 Å². The summed E-state index contributed by atoms with van der Waals surface area (Å²) in [6.07, 6.45) is 9.48. The van der Waals surface area contributed by atoms with Gasteiger partial charge in [0.15, 0.2) is 0 Å². The summed E-state index contributed by atoms with van der Waals surface area (Å²) in [5, 5.41) is 6.22. The number of carbonyl (C=O) groups excluding carboxylic acids is 1. The van der Waals surface area contributed by atoms with Gasteiger partial charge in [-0.1, -0.05) is 24.3 Å². The number of dihydropyridines is 1. The second-order valence-corrected chi connectivity index (χ2v) is 9.07. The highest BCUT2D eigenvalue weighted by molar-refractivity contribution is 5.74. The molecule has 0 amide bonds. The van der Waals surface area contributed by atoms with Crippen LogP contribution in [0.3, 0.4) is 0 Å². The molecule has 1 unspecified atom stereocenters. The first-order chi connectivity index (χ1) is 15.3. The standard InChI is InChI=1S/C23H29FN4O.C2H7N/c1-23(2,24)17-26-11-13-27(14-12-26)21-7-9-25-22-20(21)8-10-28(22)15-18-3-5-19(16-29)6-4-18;1-3-2/h3-10,16,22,25H,11-15,17H2,1-2H3;3H,1-2H3. The quantitative estimate of drug-likeness (QED) is 0.662. The number of fused-ring (bicyclic) bond motifs is 1. The number of halogens is 1. The van der Waals surface area contributed by atoms with Crippen LogP contribution in [0.1, 0.15) is 29.8 Å². The Bertz CT molecular complexity index is 848. The lowest BCUT2D eigenvalue weighted by Gasteiger charge is -2.40. The molecule has 174 valence electrons. The lowest BCUT2D eigenvalue weighted by molar-refractivity contribution is 0.0878. The van der Waals surface area contributed by atoms with Crippen molar-refractivity contribution in [3.8, 4) is 0 Å². The van der Waals surface area contributed by atoms with E-state index in [0.717, 1.165) is 39.0 Å². The van der Waals surface area contributed by atoms with E-state index in [9.17, 15) is 9.18 Å². The fourth-order valence-electron chi connectivity index (χ4n) is 4.28. The molecule has 32 heavy (non-hydrogen) atoms. The molecule has 7 heteroatoms. The number of nitrogens with zero attached hydrogens (tertiary/aromatic N) is 3. The average molecular weight is 442 g/mol. The number of hydrogen-bond acceptors (Lipinski definition) is 6. The van der Waals surface area contributed by atoms with Crippen LogP contribution in [-0.4, -0.2) is 79.6 Å². The summed E-state index contributed by atoms with van der Waals surface area (Å²) in [5.41, 5.74) is 3.24. The lowest BCUT2D eigenvalue weighted by Crippen LogP contribution is -2.50. The van der Waals surface area contributed by atoms with Gasteiger partial charge in [-0.25, -0.2) is 4.39 Å². The molecule has 3 aliphatic rings. The van der Waals surface area contributed by atoms with Crippen LogP contribution < -0.4 is 10.6 Å². The van der Waals surface area contributed by atoms with Gasteiger partial charge >= 0.3 is 0 Å². The minimum atomic E-state index is -1.15. The summed E-state index contributed by atoms with van der Waals surface area (Å²) in [7, 11) is 3.75. The topological polar surface area (TPSA) is 50.9 Å². The maximum absolute atomic E-state index is 13.9. The van der Waals surface area contributed by atoms with E-state index in [4.69, 9.17) is 0 Å². The van der Waals surface area contributed by atoms with Crippen LogP contribution in [0.5, 0.6) is 0 Å². The third-order valence-corrected chi connectivity index (χ3v) is 5.66. The molecular weight excluding hydrogens is 405 g/mol. The monoisotopic (exact) mass is 441 g/mol. The molecule has 0 saturated carbocycles. The smallest absolute Gasteiger partial charge is 0.150 e. The van der Waals surface area contributed by atoms with Crippen molar-refractivity contribution >= 4 is 6.29 Å². The highest BCUT2D eigenvalue weighted by Crippen LogP contribution is 2.29. The van der Waals surface area contributed by atoms with E-state index >= 15 is 0 Å². The molecule has 1 saturated heterocycles. The molecule has 3 heterocycles. The number of hydrogen-bond donors (Lipinski definition) is 2. The number of nitrogens with one attached hydrogen (secondary N) is 2. The molecule has 0 aromatic heterocycles. The highest BCUT2D eigenvalue weighted by Gasteiger charge is 2.31. The van der Waals surface area contributed by atoms with Crippen molar-refractivity contribution in [2.45, 2.75) is 32.2 Å². The Balaban J connectivity index is 0.000000913. The van der Waals surface area contributed by atoms with Crippen molar-refractivity contribution in [1.82, 2.24) is 25.3 Å². The summed E-state index contributed by atoms with van der Waals surface area (Å²) in [6.45, 7) is 8.14. The first-order valence-corrected chi connectivity index (χ1v) is 11.2. The highest BCUT2D eigenvalue weighted by atomic mass is 19.1. The zero-order valence-electron chi connectivity index (χ0n) is 19.6. The van der Waals surface area contributed by atoms with E-state index in [0.29, 0.717) is 12.1 Å². The lowest BCUT2D eigenvalue weighted by atomic mass is 10.1. The van der Waals surface area contributed by atoms with Crippen molar-refractivity contribution in [3.05, 3.63) is 71.2 Å². The fourth-order valence-corrected chi connectivity index (χ4v) is 4.28. The van der Waals surface area contributed by atoms with E-state index in [1.807, 2.05) is 44.6 Å². The number of piperazine rings is 1. The summed E-state index contributed by atoms with van der Waals surface area (Å²) in [6, 6.07) is 7.72. The van der Waals surface area contributed by atoms with Crippen molar-refractivity contribution in [3.63, 3.8) is 0 Å². The minimum absolute atomic E-state index is 0.114. The van der Waals surface area contributed by atoms with E-state index in [-0.39, 0.29) is 6.17 Å². The van der Waals surface area contributed by atoms with Crippen LogP contribution in [0.4, 0.5) is 4.39 Å². The predicted octanol–water partition coefficient (Wildman–Crippen LogP) is 2.73. The van der Waals surface area contributed by atoms with Crippen molar-refractivity contribution < 1.29 is 9.18 Å².